The average Bonchev–Trinajstić information content (AvgIpc) is 2.40. The van der Waals surface area contributed by atoms with Crippen LogP contribution in [0.3, 0.4) is 0 Å². The maximum Gasteiger partial charge on any atom is 0.242 e. The van der Waals surface area contributed by atoms with Crippen LogP contribution in [0.15, 0.2) is 23.1 Å². The van der Waals surface area contributed by atoms with Crippen molar-refractivity contribution >= 4 is 25.5 Å². The summed E-state index contributed by atoms with van der Waals surface area (Å²) >= 11 is 0. The molecule has 2 rings (SSSR count). The van der Waals surface area contributed by atoms with Gasteiger partial charge in [-0.2, -0.15) is 0 Å². The molecule has 1 aliphatic heterocycles. The van der Waals surface area contributed by atoms with E-state index < -0.39 is 19.9 Å². The lowest BCUT2D eigenvalue weighted by Gasteiger charge is -2.23. The quantitative estimate of drug-likeness (QED) is 0.756. The molecule has 118 valence electrons. The number of nitrogen functional groups attached to an aromatic ring is 1. The molecular formula is C12H18N2O5S2. The molecule has 7 nitrogen and oxygen atoms in total. The lowest BCUT2D eigenvalue weighted by Crippen LogP contribution is -2.40. The van der Waals surface area contributed by atoms with Crippen molar-refractivity contribution in [2.24, 2.45) is 0 Å². The van der Waals surface area contributed by atoms with Gasteiger partial charge in [-0.1, -0.05) is 0 Å². The molecule has 1 aromatic rings. The van der Waals surface area contributed by atoms with E-state index in [1.165, 1.54) is 25.3 Å². The number of hydrogen-bond donors (Lipinski definition) is 2. The topological polar surface area (TPSA) is 116 Å². The van der Waals surface area contributed by atoms with E-state index in [1.807, 2.05) is 0 Å². The van der Waals surface area contributed by atoms with Gasteiger partial charge in [-0.25, -0.2) is 21.6 Å². The number of nitrogens with two attached hydrogens (primary N) is 1. The van der Waals surface area contributed by atoms with Crippen molar-refractivity contribution in [3.8, 4) is 5.75 Å². The van der Waals surface area contributed by atoms with Gasteiger partial charge in [0.25, 0.3) is 0 Å². The molecule has 0 amide bonds. The van der Waals surface area contributed by atoms with Crippen LogP contribution in [0.2, 0.25) is 0 Å². The Balaban J connectivity index is 2.16. The van der Waals surface area contributed by atoms with E-state index >= 15 is 0 Å². The highest BCUT2D eigenvalue weighted by Crippen LogP contribution is 2.24. The molecule has 9 heteroatoms. The predicted octanol–water partition coefficient (Wildman–Crippen LogP) is 0.133. The molecule has 1 saturated heterocycles. The van der Waals surface area contributed by atoms with E-state index in [0.29, 0.717) is 5.75 Å². The Kier molecular flexibility index (Phi) is 4.45. The van der Waals surface area contributed by atoms with Crippen LogP contribution < -0.4 is 15.2 Å². The summed E-state index contributed by atoms with van der Waals surface area (Å²) in [5.74, 6) is 0.464. The fourth-order valence-electron chi connectivity index (χ4n) is 2.19. The van der Waals surface area contributed by atoms with Gasteiger partial charge < -0.3 is 10.5 Å². The molecule has 21 heavy (non-hydrogen) atoms. The van der Waals surface area contributed by atoms with Gasteiger partial charge >= 0.3 is 0 Å². The number of hydrogen-bond acceptors (Lipinski definition) is 6. The van der Waals surface area contributed by atoms with Crippen molar-refractivity contribution in [2.75, 3.05) is 24.3 Å². The average molecular weight is 334 g/mol. The van der Waals surface area contributed by atoms with Crippen molar-refractivity contribution in [3.05, 3.63) is 18.2 Å². The van der Waals surface area contributed by atoms with Crippen molar-refractivity contribution in [1.29, 1.82) is 0 Å². The third-order valence-corrected chi connectivity index (χ3v) is 6.69. The molecular weight excluding hydrogens is 316 g/mol. The summed E-state index contributed by atoms with van der Waals surface area (Å²) in [5.41, 5.74) is 5.82. The van der Waals surface area contributed by atoms with Gasteiger partial charge in [-0.3, -0.25) is 0 Å². The first-order valence-electron chi connectivity index (χ1n) is 6.40. The Bertz CT molecular complexity index is 714. The number of anilines is 1. The number of sulfone groups is 1. The van der Waals surface area contributed by atoms with Crippen LogP contribution in [0, 0.1) is 0 Å². The van der Waals surface area contributed by atoms with Gasteiger partial charge in [-0.15, -0.1) is 0 Å². The molecule has 0 radical (unpaired) electrons. The van der Waals surface area contributed by atoms with E-state index in [0.717, 1.165) is 0 Å². The Morgan fingerprint density at radius 3 is 2.43 bits per heavy atom. The highest BCUT2D eigenvalue weighted by molar-refractivity contribution is 7.91. The lowest BCUT2D eigenvalue weighted by atomic mass is 10.2. The number of benzene rings is 1. The normalized spacial score (nSPS) is 19.3. The summed E-state index contributed by atoms with van der Waals surface area (Å²) in [7, 11) is -5.35. The summed E-state index contributed by atoms with van der Waals surface area (Å²) < 4.78 is 54.8. The molecule has 0 bridgehead atoms. The zero-order valence-corrected chi connectivity index (χ0v) is 13.2. The summed E-state index contributed by atoms with van der Waals surface area (Å²) in [6.07, 6.45) is 0.551. The van der Waals surface area contributed by atoms with E-state index in [1.54, 1.807) is 0 Å². The van der Waals surface area contributed by atoms with Crippen LogP contribution in [0.5, 0.6) is 5.75 Å². The maximum atomic E-state index is 12.3. The van der Waals surface area contributed by atoms with Gasteiger partial charge in [0.1, 0.15) is 20.5 Å². The molecule has 0 atom stereocenters. The predicted molar refractivity (Wildman–Crippen MR) is 79.4 cm³/mol. The largest absolute Gasteiger partial charge is 0.497 e. The van der Waals surface area contributed by atoms with Crippen LogP contribution in [0.1, 0.15) is 12.8 Å². The Morgan fingerprint density at radius 2 is 1.90 bits per heavy atom. The lowest BCUT2D eigenvalue weighted by molar-refractivity contribution is 0.414. The first-order chi connectivity index (χ1) is 9.73. The van der Waals surface area contributed by atoms with Gasteiger partial charge in [0.2, 0.25) is 10.0 Å². The Morgan fingerprint density at radius 1 is 1.29 bits per heavy atom. The molecule has 0 unspecified atom stereocenters. The summed E-state index contributed by atoms with van der Waals surface area (Å²) in [6.45, 7) is 0. The zero-order chi connectivity index (χ0) is 15.7. The molecule has 0 saturated carbocycles. The SMILES string of the molecule is COc1ccc(S(=O)(=O)NC2CCS(=O)(=O)CC2)c(N)c1. The van der Waals surface area contributed by atoms with Gasteiger partial charge in [0.15, 0.2) is 0 Å². The van der Waals surface area contributed by atoms with Crippen molar-refractivity contribution in [3.63, 3.8) is 0 Å². The van der Waals surface area contributed by atoms with E-state index in [4.69, 9.17) is 10.5 Å². The van der Waals surface area contributed by atoms with Crippen LogP contribution in [0.4, 0.5) is 5.69 Å². The second kappa shape index (κ2) is 5.82. The number of ether oxygens (including phenoxy) is 1. The molecule has 3 N–H and O–H groups in total. The number of rotatable bonds is 4. The van der Waals surface area contributed by atoms with Crippen LogP contribution >= 0.6 is 0 Å². The smallest absolute Gasteiger partial charge is 0.242 e. The maximum absolute atomic E-state index is 12.3. The fraction of sp³-hybridized carbons (Fsp3) is 0.500. The molecule has 1 aromatic carbocycles. The third-order valence-electron chi connectivity index (χ3n) is 3.38. The molecule has 0 spiro atoms. The molecule has 1 heterocycles. The van der Waals surface area contributed by atoms with Crippen LogP contribution in [0.25, 0.3) is 0 Å². The highest BCUT2D eigenvalue weighted by atomic mass is 32.2. The fourth-order valence-corrected chi connectivity index (χ4v) is 5.10. The van der Waals surface area contributed by atoms with Crippen molar-refractivity contribution < 1.29 is 21.6 Å². The first-order valence-corrected chi connectivity index (χ1v) is 9.70. The summed E-state index contributed by atoms with van der Waals surface area (Å²) in [4.78, 5) is -0.0308. The standard InChI is InChI=1S/C12H18N2O5S2/c1-19-10-2-3-12(11(13)8-10)21(17,18)14-9-4-6-20(15,16)7-5-9/h2-3,8-9,14H,4-7,13H2,1H3. The van der Waals surface area contributed by atoms with Gasteiger partial charge in [0.05, 0.1) is 24.3 Å². The number of methoxy groups -OCH3 is 1. The van der Waals surface area contributed by atoms with Gasteiger partial charge in [0, 0.05) is 12.1 Å². The van der Waals surface area contributed by atoms with E-state index in [-0.39, 0.29) is 41.0 Å². The second-order valence-corrected chi connectivity index (χ2v) is 8.94. The minimum Gasteiger partial charge on any atom is -0.497 e. The Labute approximate surface area is 124 Å². The molecule has 1 aliphatic rings. The summed E-state index contributed by atoms with van der Waals surface area (Å²) in [6, 6.07) is 3.92. The second-order valence-electron chi connectivity index (χ2n) is 4.95. The van der Waals surface area contributed by atoms with E-state index in [9.17, 15) is 16.8 Å². The summed E-state index contributed by atoms with van der Waals surface area (Å²) in [5, 5.41) is 0. The monoisotopic (exact) mass is 334 g/mol. The van der Waals surface area contributed by atoms with Crippen LogP contribution in [-0.2, 0) is 19.9 Å². The minimum absolute atomic E-state index is 0.00171. The minimum atomic E-state index is -3.78. The Hall–Kier alpha value is -1.32. The first kappa shape index (κ1) is 16.1. The number of sulfonamides is 1. The molecule has 0 aromatic heterocycles. The zero-order valence-electron chi connectivity index (χ0n) is 11.6. The highest BCUT2D eigenvalue weighted by Gasteiger charge is 2.28. The van der Waals surface area contributed by atoms with E-state index in [2.05, 4.69) is 4.72 Å². The number of nitrogens with one attached hydrogen (secondary N) is 1. The van der Waals surface area contributed by atoms with Gasteiger partial charge in [-0.05, 0) is 25.0 Å². The molecule has 0 aliphatic carbocycles. The third kappa shape index (κ3) is 3.86. The molecule has 1 fully saturated rings. The van der Waals surface area contributed by atoms with Crippen molar-refractivity contribution in [2.45, 2.75) is 23.8 Å². The van der Waals surface area contributed by atoms with Crippen molar-refractivity contribution in [1.82, 2.24) is 4.72 Å². The van der Waals surface area contributed by atoms with Crippen LogP contribution in [-0.4, -0.2) is 41.5 Å².